The van der Waals surface area contributed by atoms with E-state index in [0.29, 0.717) is 16.8 Å². The van der Waals surface area contributed by atoms with Crippen molar-refractivity contribution in [3.05, 3.63) is 52.2 Å². The zero-order valence-electron chi connectivity index (χ0n) is 16.3. The van der Waals surface area contributed by atoms with Crippen LogP contribution >= 0.6 is 11.6 Å². The summed E-state index contributed by atoms with van der Waals surface area (Å²) in [5.74, 6) is -0.150. The van der Waals surface area contributed by atoms with Crippen LogP contribution in [0, 0.1) is 6.92 Å². The summed E-state index contributed by atoms with van der Waals surface area (Å²) in [7, 11) is 0. The lowest BCUT2D eigenvalue weighted by Gasteiger charge is -2.19. The number of pyridine rings is 1. The fourth-order valence-electron chi connectivity index (χ4n) is 3.19. The summed E-state index contributed by atoms with van der Waals surface area (Å²) in [5, 5.41) is 3.10. The maximum Gasteiger partial charge on any atom is 0.257 e. The smallest absolute Gasteiger partial charge is 0.257 e. The number of nitrogens with zero attached hydrogens (tertiary/aromatic N) is 2. The zero-order valence-corrected chi connectivity index (χ0v) is 17.0. The number of anilines is 1. The van der Waals surface area contributed by atoms with Gasteiger partial charge in [-0.2, -0.15) is 0 Å². The third-order valence-corrected chi connectivity index (χ3v) is 4.82. The van der Waals surface area contributed by atoms with Crippen LogP contribution in [0.3, 0.4) is 0 Å². The number of likely N-dealkylation sites (tertiary alicyclic amines) is 1. The lowest BCUT2D eigenvalue weighted by molar-refractivity contribution is 0.0793. The molecule has 0 saturated carbocycles. The number of rotatable bonds is 5. The Kier molecular flexibility index (Phi) is 6.19. The zero-order chi connectivity index (χ0) is 20.3. The van der Waals surface area contributed by atoms with Crippen LogP contribution in [0.15, 0.2) is 30.5 Å². The molecule has 28 heavy (non-hydrogen) atoms. The molecule has 0 radical (unpaired) electrons. The topological polar surface area (TPSA) is 71.5 Å². The molecule has 0 atom stereocenters. The van der Waals surface area contributed by atoms with E-state index in [1.807, 2.05) is 37.8 Å². The molecule has 0 bridgehead atoms. The molecule has 7 heteroatoms. The van der Waals surface area contributed by atoms with Crippen molar-refractivity contribution in [1.82, 2.24) is 9.88 Å². The van der Waals surface area contributed by atoms with E-state index in [4.69, 9.17) is 16.3 Å². The third kappa shape index (κ3) is 4.44. The molecule has 1 saturated heterocycles. The van der Waals surface area contributed by atoms with Gasteiger partial charge in [-0.3, -0.25) is 9.59 Å². The van der Waals surface area contributed by atoms with Crippen molar-refractivity contribution in [2.45, 2.75) is 39.7 Å². The number of halogens is 1. The van der Waals surface area contributed by atoms with E-state index in [1.54, 1.807) is 6.07 Å². The van der Waals surface area contributed by atoms with Gasteiger partial charge in [-0.05, 0) is 51.3 Å². The minimum Gasteiger partial charge on any atom is -0.474 e. The van der Waals surface area contributed by atoms with Crippen LogP contribution < -0.4 is 10.1 Å². The Balaban J connectivity index is 1.83. The number of hydrogen-bond acceptors (Lipinski definition) is 4. The molecule has 2 aromatic rings. The van der Waals surface area contributed by atoms with Gasteiger partial charge in [-0.15, -0.1) is 0 Å². The van der Waals surface area contributed by atoms with Gasteiger partial charge in [0.1, 0.15) is 5.02 Å². The maximum absolute atomic E-state index is 12.9. The fourth-order valence-corrected chi connectivity index (χ4v) is 3.40. The number of nitrogens with one attached hydrogen (secondary N) is 1. The number of ether oxygens (including phenoxy) is 1. The summed E-state index contributed by atoms with van der Waals surface area (Å²) < 4.78 is 5.50. The number of amides is 2. The highest BCUT2D eigenvalue weighted by Gasteiger charge is 2.24. The van der Waals surface area contributed by atoms with Crippen LogP contribution in [-0.4, -0.2) is 40.9 Å². The molecule has 6 nitrogen and oxygen atoms in total. The summed E-state index contributed by atoms with van der Waals surface area (Å²) in [6.45, 7) is 7.11. The minimum absolute atomic E-state index is 0.0530. The Bertz CT molecular complexity index is 892. The van der Waals surface area contributed by atoms with Gasteiger partial charge in [0.05, 0.1) is 22.9 Å². The Morgan fingerprint density at radius 1 is 1.25 bits per heavy atom. The first-order chi connectivity index (χ1) is 13.4. The fraction of sp³-hybridized carbons (Fsp3) is 0.381. The molecule has 0 spiro atoms. The number of aromatic nitrogens is 1. The van der Waals surface area contributed by atoms with E-state index in [0.717, 1.165) is 31.5 Å². The van der Waals surface area contributed by atoms with Crippen molar-refractivity contribution in [2.24, 2.45) is 0 Å². The number of carbonyl (C=O) groups is 2. The second kappa shape index (κ2) is 8.61. The first-order valence-electron chi connectivity index (χ1n) is 9.39. The number of aryl methyl sites for hydroxylation is 1. The van der Waals surface area contributed by atoms with Crippen LogP contribution in [0.2, 0.25) is 5.02 Å². The van der Waals surface area contributed by atoms with E-state index in [1.165, 1.54) is 12.3 Å². The highest BCUT2D eigenvalue weighted by Crippen LogP contribution is 2.26. The normalized spacial score (nSPS) is 13.7. The summed E-state index contributed by atoms with van der Waals surface area (Å²) in [6, 6.07) is 6.94. The van der Waals surface area contributed by atoms with Gasteiger partial charge in [0.15, 0.2) is 0 Å². The van der Waals surface area contributed by atoms with Crippen LogP contribution in [0.4, 0.5) is 5.69 Å². The number of benzene rings is 1. The van der Waals surface area contributed by atoms with Gasteiger partial charge in [0.25, 0.3) is 11.8 Å². The Labute approximate surface area is 169 Å². The van der Waals surface area contributed by atoms with Gasteiger partial charge in [0.2, 0.25) is 5.88 Å². The van der Waals surface area contributed by atoms with E-state index in [-0.39, 0.29) is 28.8 Å². The predicted octanol–water partition coefficient (Wildman–Crippen LogP) is 4.32. The molecule has 1 aromatic heterocycles. The SMILES string of the molecule is Cc1cccc(NC(=O)c2cnc(OC(C)C)c(Cl)c2)c1C(=O)N1CCCC1. The van der Waals surface area contributed by atoms with E-state index in [9.17, 15) is 9.59 Å². The van der Waals surface area contributed by atoms with Crippen molar-refractivity contribution < 1.29 is 14.3 Å². The van der Waals surface area contributed by atoms with Crippen molar-refractivity contribution in [1.29, 1.82) is 0 Å². The summed E-state index contributed by atoms with van der Waals surface area (Å²) in [4.78, 5) is 31.6. The van der Waals surface area contributed by atoms with Crippen LogP contribution in [0.25, 0.3) is 0 Å². The summed E-state index contributed by atoms with van der Waals surface area (Å²) in [6.07, 6.45) is 3.36. The van der Waals surface area contributed by atoms with Gasteiger partial charge < -0.3 is 15.0 Å². The molecule has 2 amide bonds. The standard InChI is InChI=1S/C21H24ClN3O3/c1-13(2)28-20-16(22)11-15(12-23-20)19(26)24-17-8-6-7-14(3)18(17)21(27)25-9-4-5-10-25/h6-8,11-13H,4-5,9-10H2,1-3H3,(H,24,26). The lowest BCUT2D eigenvalue weighted by Crippen LogP contribution is -2.29. The molecular formula is C21H24ClN3O3. The molecular weight excluding hydrogens is 378 g/mol. The van der Waals surface area contributed by atoms with Crippen molar-refractivity contribution in [3.8, 4) is 5.88 Å². The monoisotopic (exact) mass is 401 g/mol. The molecule has 0 unspecified atom stereocenters. The largest absolute Gasteiger partial charge is 0.474 e. The highest BCUT2D eigenvalue weighted by molar-refractivity contribution is 6.32. The molecule has 1 aromatic carbocycles. The van der Waals surface area contributed by atoms with Gasteiger partial charge >= 0.3 is 0 Å². The highest BCUT2D eigenvalue weighted by atomic mass is 35.5. The van der Waals surface area contributed by atoms with Gasteiger partial charge in [-0.1, -0.05) is 23.7 Å². The van der Waals surface area contributed by atoms with Crippen molar-refractivity contribution >= 4 is 29.1 Å². The molecule has 1 aliphatic rings. The Hall–Kier alpha value is -2.60. The first-order valence-corrected chi connectivity index (χ1v) is 9.77. The maximum atomic E-state index is 12.9. The van der Waals surface area contributed by atoms with Crippen molar-refractivity contribution in [2.75, 3.05) is 18.4 Å². The molecule has 1 N–H and O–H groups in total. The number of hydrogen-bond donors (Lipinski definition) is 1. The van der Waals surface area contributed by atoms with Crippen LogP contribution in [0.1, 0.15) is 53.0 Å². The van der Waals surface area contributed by atoms with Gasteiger partial charge in [-0.25, -0.2) is 4.98 Å². The average molecular weight is 402 g/mol. The summed E-state index contributed by atoms with van der Waals surface area (Å²) >= 11 is 6.19. The molecule has 0 aliphatic carbocycles. The van der Waals surface area contributed by atoms with E-state index >= 15 is 0 Å². The third-order valence-electron chi connectivity index (χ3n) is 4.55. The van der Waals surface area contributed by atoms with E-state index < -0.39 is 0 Å². The molecule has 2 heterocycles. The predicted molar refractivity (Wildman–Crippen MR) is 109 cm³/mol. The molecule has 3 rings (SSSR count). The van der Waals surface area contributed by atoms with E-state index in [2.05, 4.69) is 10.3 Å². The Morgan fingerprint density at radius 2 is 1.96 bits per heavy atom. The first kappa shape index (κ1) is 20.1. The Morgan fingerprint density at radius 3 is 2.61 bits per heavy atom. The second-order valence-electron chi connectivity index (χ2n) is 7.13. The average Bonchev–Trinajstić information content (AvgIpc) is 3.17. The second-order valence-corrected chi connectivity index (χ2v) is 7.54. The number of carbonyl (C=O) groups excluding carboxylic acids is 2. The van der Waals surface area contributed by atoms with Crippen molar-refractivity contribution in [3.63, 3.8) is 0 Å². The van der Waals surface area contributed by atoms with Crippen LogP contribution in [0.5, 0.6) is 5.88 Å². The van der Waals surface area contributed by atoms with Gasteiger partial charge in [0, 0.05) is 19.3 Å². The molecule has 148 valence electrons. The lowest BCUT2D eigenvalue weighted by atomic mass is 10.0. The molecule has 1 aliphatic heterocycles. The minimum atomic E-state index is -0.383. The quantitative estimate of drug-likeness (QED) is 0.809. The van der Waals surface area contributed by atoms with Crippen LogP contribution in [-0.2, 0) is 0 Å². The summed E-state index contributed by atoms with van der Waals surface area (Å²) in [5.41, 5.74) is 2.13. The molecule has 1 fully saturated rings.